The van der Waals surface area contributed by atoms with Gasteiger partial charge in [-0.1, -0.05) is 115 Å². The van der Waals surface area contributed by atoms with Crippen molar-refractivity contribution in [2.75, 3.05) is 0 Å². The summed E-state index contributed by atoms with van der Waals surface area (Å²) in [6, 6.07) is 54.6. The van der Waals surface area contributed by atoms with E-state index < -0.39 is 0 Å². The minimum atomic E-state index is 0.650. The third kappa shape index (κ3) is 4.63. The van der Waals surface area contributed by atoms with E-state index in [-0.39, 0.29) is 0 Å². The molecule has 0 N–H and O–H groups in total. The molecule has 0 amide bonds. The summed E-state index contributed by atoms with van der Waals surface area (Å²) in [5, 5.41) is 4.70. The number of hydrogen-bond acceptors (Lipinski definition) is 5. The van der Waals surface area contributed by atoms with Crippen LogP contribution in [0.2, 0.25) is 0 Å². The normalized spacial score (nSPS) is 11.6. The van der Waals surface area contributed by atoms with Gasteiger partial charge in [-0.25, -0.2) is 9.97 Å². The van der Waals surface area contributed by atoms with Gasteiger partial charge in [-0.05, 0) is 53.6 Å². The molecule has 0 spiro atoms. The summed E-state index contributed by atoms with van der Waals surface area (Å²) in [5.74, 6) is 0.650. The first-order chi connectivity index (χ1) is 24.8. The molecule has 0 aliphatic heterocycles. The second kappa shape index (κ2) is 11.6. The van der Waals surface area contributed by atoms with Gasteiger partial charge in [0.1, 0.15) is 11.2 Å². The van der Waals surface area contributed by atoms with Crippen molar-refractivity contribution in [3.05, 3.63) is 164 Å². The van der Waals surface area contributed by atoms with Gasteiger partial charge in [0.15, 0.2) is 5.82 Å². The molecule has 4 aromatic heterocycles. The predicted octanol–water partition coefficient (Wildman–Crippen LogP) is 12.5. The molecule has 0 saturated carbocycles. The molecule has 0 bridgehead atoms. The Morgan fingerprint density at radius 3 is 1.92 bits per heavy atom. The second-order valence-corrected chi connectivity index (χ2v) is 13.4. The van der Waals surface area contributed by atoms with Crippen LogP contribution in [0.4, 0.5) is 0 Å². The Bertz CT molecular complexity index is 2870. The van der Waals surface area contributed by atoms with Crippen LogP contribution in [0.5, 0.6) is 0 Å². The minimum Gasteiger partial charge on any atom is -0.455 e. The smallest absolute Gasteiger partial charge is 0.160 e. The van der Waals surface area contributed by atoms with Crippen molar-refractivity contribution in [1.29, 1.82) is 0 Å². The van der Waals surface area contributed by atoms with Gasteiger partial charge < -0.3 is 4.42 Å². The van der Waals surface area contributed by atoms with E-state index in [1.807, 2.05) is 78.2 Å². The molecule has 4 heterocycles. The fourth-order valence-electron chi connectivity index (χ4n) is 7.14. The lowest BCUT2D eigenvalue weighted by Crippen LogP contribution is -1.97. The number of furan rings is 1. The SMILES string of the molecule is c1ccc(-c2nc(-c3ccccc3-c3ccccn3)cc(-c3ccc(-c4cccc5sc6ccccc6c45)c4c3oc3ccccc34)n2)cc1. The summed E-state index contributed by atoms with van der Waals surface area (Å²) in [5.41, 5.74) is 10.3. The Hall–Kier alpha value is -6.43. The quantitative estimate of drug-likeness (QED) is 0.185. The van der Waals surface area contributed by atoms with Crippen LogP contribution in [0.15, 0.2) is 168 Å². The lowest BCUT2D eigenvalue weighted by molar-refractivity contribution is 0.670. The van der Waals surface area contributed by atoms with Crippen LogP contribution in [-0.4, -0.2) is 15.0 Å². The van der Waals surface area contributed by atoms with Gasteiger partial charge in [0.2, 0.25) is 0 Å². The molecule has 0 fully saturated rings. The first kappa shape index (κ1) is 28.6. The summed E-state index contributed by atoms with van der Waals surface area (Å²) < 4.78 is 9.35. The summed E-state index contributed by atoms with van der Waals surface area (Å²) in [7, 11) is 0. The van der Waals surface area contributed by atoms with Gasteiger partial charge in [0.05, 0.1) is 17.1 Å². The van der Waals surface area contributed by atoms with Crippen LogP contribution in [0.1, 0.15) is 0 Å². The summed E-state index contributed by atoms with van der Waals surface area (Å²) in [6.07, 6.45) is 1.83. The van der Waals surface area contributed by atoms with E-state index in [4.69, 9.17) is 14.4 Å². The van der Waals surface area contributed by atoms with Gasteiger partial charge in [0.25, 0.3) is 0 Å². The Morgan fingerprint density at radius 2 is 1.08 bits per heavy atom. The van der Waals surface area contributed by atoms with Crippen LogP contribution in [0, 0.1) is 0 Å². The maximum Gasteiger partial charge on any atom is 0.160 e. The molecule has 234 valence electrons. The van der Waals surface area contributed by atoms with Crippen LogP contribution in [0.25, 0.3) is 98.4 Å². The fourth-order valence-corrected chi connectivity index (χ4v) is 8.28. The standard InChI is InChI=1S/C45H27N3OS/c1-2-13-28(14-3-1)45-47-37(30-16-5-4-15-29(30)36-20-10-11-26-46-36)27-38(48-45)33-25-24-32(43-34-17-6-8-21-39(34)49-44(33)43)31-19-12-23-41-42(31)35-18-7-9-22-40(35)50-41/h1-27H. The van der Waals surface area contributed by atoms with E-state index in [9.17, 15) is 0 Å². The van der Waals surface area contributed by atoms with Gasteiger partial charge >= 0.3 is 0 Å². The van der Waals surface area contributed by atoms with Crippen LogP contribution in [0.3, 0.4) is 0 Å². The number of rotatable bonds is 5. The largest absolute Gasteiger partial charge is 0.455 e. The molecular weight excluding hydrogens is 631 g/mol. The van der Waals surface area contributed by atoms with Crippen LogP contribution < -0.4 is 0 Å². The Labute approximate surface area is 292 Å². The molecule has 6 aromatic carbocycles. The second-order valence-electron chi connectivity index (χ2n) is 12.3. The van der Waals surface area contributed by atoms with E-state index in [1.165, 1.54) is 25.7 Å². The van der Waals surface area contributed by atoms with E-state index in [1.54, 1.807) is 0 Å². The van der Waals surface area contributed by atoms with Crippen LogP contribution in [-0.2, 0) is 0 Å². The van der Waals surface area contributed by atoms with Crippen molar-refractivity contribution in [3.63, 3.8) is 0 Å². The molecule has 5 heteroatoms. The Morgan fingerprint density at radius 1 is 0.440 bits per heavy atom. The zero-order valence-corrected chi connectivity index (χ0v) is 27.6. The molecule has 0 radical (unpaired) electrons. The first-order valence-electron chi connectivity index (χ1n) is 16.6. The zero-order valence-electron chi connectivity index (χ0n) is 26.7. The lowest BCUT2D eigenvalue weighted by atomic mass is 9.93. The van der Waals surface area contributed by atoms with Crippen molar-refractivity contribution in [3.8, 4) is 56.3 Å². The maximum atomic E-state index is 6.80. The predicted molar refractivity (Wildman–Crippen MR) is 207 cm³/mol. The average Bonchev–Trinajstić information content (AvgIpc) is 3.77. The van der Waals surface area contributed by atoms with Crippen molar-refractivity contribution >= 4 is 53.4 Å². The first-order valence-corrected chi connectivity index (χ1v) is 17.4. The topological polar surface area (TPSA) is 51.8 Å². The molecule has 0 saturated heterocycles. The number of benzene rings is 6. The number of fused-ring (bicyclic) bond motifs is 6. The van der Waals surface area contributed by atoms with Crippen molar-refractivity contribution in [2.45, 2.75) is 0 Å². The molecule has 10 aromatic rings. The van der Waals surface area contributed by atoms with Gasteiger partial charge in [0, 0.05) is 59.4 Å². The minimum absolute atomic E-state index is 0.650. The summed E-state index contributed by atoms with van der Waals surface area (Å²) in [6.45, 7) is 0. The number of para-hydroxylation sites is 1. The molecular formula is C45H27N3OS. The Balaban J connectivity index is 1.26. The molecule has 50 heavy (non-hydrogen) atoms. The lowest BCUT2D eigenvalue weighted by Gasteiger charge is -2.13. The number of aromatic nitrogens is 3. The van der Waals surface area contributed by atoms with E-state index in [0.717, 1.165) is 66.8 Å². The number of thiophene rings is 1. The third-order valence-corrected chi connectivity index (χ3v) is 10.5. The summed E-state index contributed by atoms with van der Waals surface area (Å²) in [4.78, 5) is 15.1. The van der Waals surface area contributed by atoms with Crippen molar-refractivity contribution in [2.24, 2.45) is 0 Å². The van der Waals surface area contributed by atoms with Crippen LogP contribution >= 0.6 is 11.3 Å². The third-order valence-electron chi connectivity index (χ3n) is 9.40. The number of nitrogens with zero attached hydrogens (tertiary/aromatic N) is 3. The highest BCUT2D eigenvalue weighted by Gasteiger charge is 2.22. The van der Waals surface area contributed by atoms with Gasteiger partial charge in [-0.3, -0.25) is 4.98 Å². The fraction of sp³-hybridized carbons (Fsp3) is 0. The molecule has 4 nitrogen and oxygen atoms in total. The van der Waals surface area contributed by atoms with Crippen molar-refractivity contribution in [1.82, 2.24) is 15.0 Å². The molecule has 10 rings (SSSR count). The highest BCUT2D eigenvalue weighted by molar-refractivity contribution is 7.25. The monoisotopic (exact) mass is 657 g/mol. The number of pyridine rings is 1. The molecule has 0 aliphatic rings. The van der Waals surface area contributed by atoms with Gasteiger partial charge in [-0.2, -0.15) is 0 Å². The molecule has 0 atom stereocenters. The molecule has 0 unspecified atom stereocenters. The maximum absolute atomic E-state index is 6.80. The molecule has 0 aliphatic carbocycles. The highest BCUT2D eigenvalue weighted by Crippen LogP contribution is 2.46. The Kier molecular flexibility index (Phi) is 6.64. The van der Waals surface area contributed by atoms with Gasteiger partial charge in [-0.15, -0.1) is 11.3 Å². The highest BCUT2D eigenvalue weighted by atomic mass is 32.1. The number of hydrogen-bond donors (Lipinski definition) is 0. The summed E-state index contributed by atoms with van der Waals surface area (Å²) >= 11 is 1.84. The van der Waals surface area contributed by atoms with E-state index in [0.29, 0.717) is 5.82 Å². The average molecular weight is 658 g/mol. The van der Waals surface area contributed by atoms with E-state index >= 15 is 0 Å². The van der Waals surface area contributed by atoms with E-state index in [2.05, 4.69) is 102 Å². The van der Waals surface area contributed by atoms with Crippen molar-refractivity contribution < 1.29 is 4.42 Å². The zero-order chi connectivity index (χ0) is 33.0.